The van der Waals surface area contributed by atoms with Gasteiger partial charge in [-0.05, 0) is 18.2 Å². The highest BCUT2D eigenvalue weighted by molar-refractivity contribution is 9.10. The standard InChI is InChI=1S/C11H9BrN2O/c1-14-6-5-10(13-14)11(15)8-3-2-4-9(12)7-8/h2-7H,1H3. The highest BCUT2D eigenvalue weighted by Crippen LogP contribution is 2.14. The number of nitrogens with zero attached hydrogens (tertiary/aromatic N) is 2. The number of carbonyl (C=O) groups excluding carboxylic acids is 1. The second kappa shape index (κ2) is 3.98. The maximum Gasteiger partial charge on any atom is 0.213 e. The number of hydrogen-bond donors (Lipinski definition) is 0. The van der Waals surface area contributed by atoms with Crippen LogP contribution in [0.4, 0.5) is 0 Å². The Bertz CT molecular complexity index is 505. The summed E-state index contributed by atoms with van der Waals surface area (Å²) in [4.78, 5) is 11.9. The zero-order valence-corrected chi connectivity index (χ0v) is 9.73. The molecule has 1 aromatic carbocycles. The molecule has 15 heavy (non-hydrogen) atoms. The Morgan fingerprint density at radius 3 is 2.80 bits per heavy atom. The van der Waals surface area contributed by atoms with Crippen molar-refractivity contribution in [2.75, 3.05) is 0 Å². The van der Waals surface area contributed by atoms with Crippen molar-refractivity contribution >= 4 is 21.7 Å². The van der Waals surface area contributed by atoms with E-state index in [0.29, 0.717) is 11.3 Å². The summed E-state index contributed by atoms with van der Waals surface area (Å²) in [6.07, 6.45) is 1.76. The fourth-order valence-electron chi connectivity index (χ4n) is 1.31. The Morgan fingerprint density at radius 2 is 2.20 bits per heavy atom. The molecular weight excluding hydrogens is 256 g/mol. The minimum absolute atomic E-state index is 0.0584. The predicted octanol–water partition coefficient (Wildman–Crippen LogP) is 2.41. The highest BCUT2D eigenvalue weighted by Gasteiger charge is 2.11. The van der Waals surface area contributed by atoms with Gasteiger partial charge < -0.3 is 0 Å². The number of aryl methyl sites for hydroxylation is 1. The fourth-order valence-corrected chi connectivity index (χ4v) is 1.71. The first-order valence-electron chi connectivity index (χ1n) is 4.47. The molecule has 0 bridgehead atoms. The Morgan fingerprint density at radius 1 is 1.40 bits per heavy atom. The third-order valence-electron chi connectivity index (χ3n) is 2.03. The molecule has 1 aromatic heterocycles. The van der Waals surface area contributed by atoms with E-state index in [4.69, 9.17) is 0 Å². The van der Waals surface area contributed by atoms with Crippen LogP contribution >= 0.6 is 15.9 Å². The molecule has 2 aromatic rings. The van der Waals surface area contributed by atoms with Crippen molar-refractivity contribution in [1.82, 2.24) is 9.78 Å². The van der Waals surface area contributed by atoms with Gasteiger partial charge in [0.15, 0.2) is 0 Å². The maximum atomic E-state index is 11.9. The lowest BCUT2D eigenvalue weighted by atomic mass is 10.1. The Hall–Kier alpha value is -1.42. The van der Waals surface area contributed by atoms with Crippen LogP contribution in [0.5, 0.6) is 0 Å². The summed E-state index contributed by atoms with van der Waals surface area (Å²) in [7, 11) is 1.79. The van der Waals surface area contributed by atoms with E-state index in [1.165, 1.54) is 0 Å². The summed E-state index contributed by atoms with van der Waals surface area (Å²) in [5, 5.41) is 4.07. The number of benzene rings is 1. The van der Waals surface area contributed by atoms with Crippen molar-refractivity contribution < 1.29 is 4.79 Å². The van der Waals surface area contributed by atoms with Crippen LogP contribution in [0.15, 0.2) is 41.0 Å². The van der Waals surface area contributed by atoms with E-state index in [9.17, 15) is 4.79 Å². The second-order valence-electron chi connectivity index (χ2n) is 3.21. The molecular formula is C11H9BrN2O. The molecule has 2 rings (SSSR count). The second-order valence-corrected chi connectivity index (χ2v) is 4.13. The zero-order valence-electron chi connectivity index (χ0n) is 8.14. The van der Waals surface area contributed by atoms with Crippen molar-refractivity contribution in [3.63, 3.8) is 0 Å². The molecule has 0 saturated carbocycles. The first-order chi connectivity index (χ1) is 7.16. The molecule has 0 spiro atoms. The average molecular weight is 265 g/mol. The summed E-state index contributed by atoms with van der Waals surface area (Å²) in [6, 6.07) is 9.00. The molecule has 76 valence electrons. The molecule has 0 amide bonds. The largest absolute Gasteiger partial charge is 0.287 e. The number of aromatic nitrogens is 2. The Balaban J connectivity index is 2.36. The van der Waals surface area contributed by atoms with Gasteiger partial charge in [-0.1, -0.05) is 28.1 Å². The van der Waals surface area contributed by atoms with Gasteiger partial charge in [0.1, 0.15) is 5.69 Å². The smallest absolute Gasteiger partial charge is 0.213 e. The molecule has 1 heterocycles. The van der Waals surface area contributed by atoms with Gasteiger partial charge in [0, 0.05) is 23.3 Å². The summed E-state index contributed by atoms with van der Waals surface area (Å²) >= 11 is 3.33. The van der Waals surface area contributed by atoms with Gasteiger partial charge in [0.05, 0.1) is 0 Å². The number of halogens is 1. The van der Waals surface area contributed by atoms with E-state index < -0.39 is 0 Å². The highest BCUT2D eigenvalue weighted by atomic mass is 79.9. The summed E-state index contributed by atoms with van der Waals surface area (Å²) in [6.45, 7) is 0. The minimum atomic E-state index is -0.0584. The van der Waals surface area contributed by atoms with Crippen LogP contribution in [0, 0.1) is 0 Å². The normalized spacial score (nSPS) is 10.3. The lowest BCUT2D eigenvalue weighted by Gasteiger charge is -1.97. The molecule has 4 heteroatoms. The molecule has 0 aliphatic rings. The van der Waals surface area contributed by atoms with Crippen molar-refractivity contribution in [2.24, 2.45) is 7.05 Å². The number of hydrogen-bond acceptors (Lipinski definition) is 2. The Kier molecular flexibility index (Phi) is 2.68. The monoisotopic (exact) mass is 264 g/mol. The predicted molar refractivity (Wildman–Crippen MR) is 60.8 cm³/mol. The number of ketones is 1. The molecule has 3 nitrogen and oxygen atoms in total. The van der Waals surface area contributed by atoms with Gasteiger partial charge in [-0.25, -0.2) is 0 Å². The third-order valence-corrected chi connectivity index (χ3v) is 2.53. The SMILES string of the molecule is Cn1ccc(C(=O)c2cccc(Br)c2)n1. The van der Waals surface area contributed by atoms with Crippen LogP contribution in [0.3, 0.4) is 0 Å². The van der Waals surface area contributed by atoms with E-state index in [-0.39, 0.29) is 5.78 Å². The van der Waals surface area contributed by atoms with E-state index in [0.717, 1.165) is 4.47 Å². The Labute approximate surface area is 95.9 Å². The lowest BCUT2D eigenvalue weighted by Crippen LogP contribution is -2.03. The van der Waals surface area contributed by atoms with Crippen molar-refractivity contribution in [3.8, 4) is 0 Å². The summed E-state index contributed by atoms with van der Waals surface area (Å²) < 4.78 is 2.51. The van der Waals surface area contributed by atoms with Crippen LogP contribution in [0.1, 0.15) is 16.1 Å². The van der Waals surface area contributed by atoms with Crippen LogP contribution in [-0.2, 0) is 7.05 Å². The average Bonchev–Trinajstić information content (AvgIpc) is 2.64. The lowest BCUT2D eigenvalue weighted by molar-refractivity contribution is 0.103. The summed E-state index contributed by atoms with van der Waals surface area (Å²) in [5.74, 6) is -0.0584. The van der Waals surface area contributed by atoms with Gasteiger partial charge in [-0.2, -0.15) is 5.10 Å². The van der Waals surface area contributed by atoms with Crippen LogP contribution in [0.2, 0.25) is 0 Å². The van der Waals surface area contributed by atoms with Gasteiger partial charge in [0.25, 0.3) is 0 Å². The topological polar surface area (TPSA) is 34.9 Å². The van der Waals surface area contributed by atoms with Crippen molar-refractivity contribution in [3.05, 3.63) is 52.3 Å². The van der Waals surface area contributed by atoms with Crippen LogP contribution in [0.25, 0.3) is 0 Å². The molecule has 0 unspecified atom stereocenters. The first-order valence-corrected chi connectivity index (χ1v) is 5.26. The fraction of sp³-hybridized carbons (Fsp3) is 0.0909. The van der Waals surface area contributed by atoms with E-state index >= 15 is 0 Å². The molecule has 0 aliphatic carbocycles. The van der Waals surface area contributed by atoms with E-state index in [1.54, 1.807) is 36.1 Å². The number of carbonyl (C=O) groups is 1. The minimum Gasteiger partial charge on any atom is -0.287 e. The van der Waals surface area contributed by atoms with E-state index in [1.807, 2.05) is 12.1 Å². The summed E-state index contributed by atoms with van der Waals surface area (Å²) in [5.41, 5.74) is 1.11. The van der Waals surface area contributed by atoms with Gasteiger partial charge in [-0.3, -0.25) is 9.48 Å². The van der Waals surface area contributed by atoms with Crippen LogP contribution < -0.4 is 0 Å². The van der Waals surface area contributed by atoms with E-state index in [2.05, 4.69) is 21.0 Å². The molecule has 0 radical (unpaired) electrons. The molecule has 0 fully saturated rings. The van der Waals surface area contributed by atoms with Gasteiger partial charge in [-0.15, -0.1) is 0 Å². The van der Waals surface area contributed by atoms with Gasteiger partial charge in [0.2, 0.25) is 5.78 Å². The molecule has 0 aliphatic heterocycles. The quantitative estimate of drug-likeness (QED) is 0.781. The third kappa shape index (κ3) is 2.15. The molecule has 0 saturated heterocycles. The van der Waals surface area contributed by atoms with Crippen LogP contribution in [-0.4, -0.2) is 15.6 Å². The van der Waals surface area contributed by atoms with Crippen molar-refractivity contribution in [2.45, 2.75) is 0 Å². The number of rotatable bonds is 2. The zero-order chi connectivity index (χ0) is 10.8. The maximum absolute atomic E-state index is 11.9. The van der Waals surface area contributed by atoms with Gasteiger partial charge >= 0.3 is 0 Å². The van der Waals surface area contributed by atoms with Crippen molar-refractivity contribution in [1.29, 1.82) is 0 Å². The molecule has 0 N–H and O–H groups in total. The first kappa shape index (κ1) is 10.1. The molecule has 0 atom stereocenters.